The van der Waals surface area contributed by atoms with E-state index in [1.807, 2.05) is 0 Å². The summed E-state index contributed by atoms with van der Waals surface area (Å²) in [4.78, 5) is 5.00. The van der Waals surface area contributed by atoms with Crippen molar-refractivity contribution in [2.24, 2.45) is 5.92 Å². The van der Waals surface area contributed by atoms with Gasteiger partial charge in [-0.2, -0.15) is 0 Å². The maximum absolute atomic E-state index is 7.47. The quantitative estimate of drug-likeness (QED) is 0.152. The van der Waals surface area contributed by atoms with E-state index in [-0.39, 0.29) is 6.04 Å². The SMILES string of the molecule is CC(C)C1=CCC(N(c2ccccc2)c2cc3c(c4c2oc2ccccc24)-c2c(cc(N(c4ccccc4)c4ccc(C(C)C)cc4)c4c2oc2ccccc24)C32c3ccccc3-c3ccccc32)C=C1. The van der Waals surface area contributed by atoms with E-state index in [4.69, 9.17) is 8.83 Å². The summed E-state index contributed by atoms with van der Waals surface area (Å²) in [7, 11) is 0. The van der Waals surface area contributed by atoms with Crippen molar-refractivity contribution >= 4 is 72.3 Å². The number of anilines is 5. The molecule has 0 radical (unpaired) electrons. The van der Waals surface area contributed by atoms with Gasteiger partial charge in [-0.1, -0.05) is 179 Å². The van der Waals surface area contributed by atoms with Crippen LogP contribution in [0.4, 0.5) is 28.4 Å². The third kappa shape index (κ3) is 5.97. The van der Waals surface area contributed by atoms with Gasteiger partial charge in [0.05, 0.1) is 28.2 Å². The number of allylic oxidation sites excluding steroid dienone is 2. The van der Waals surface area contributed by atoms with Gasteiger partial charge in [-0.25, -0.2) is 0 Å². The fourth-order valence-corrected chi connectivity index (χ4v) is 12.5. The average Bonchev–Trinajstić information content (AvgIpc) is 4.16. The molecule has 0 amide bonds. The Morgan fingerprint density at radius 3 is 1.63 bits per heavy atom. The molecule has 2 aromatic heterocycles. The molecular formula is C67H52N2O2. The molecule has 1 atom stereocenters. The van der Waals surface area contributed by atoms with Crippen molar-refractivity contribution in [1.29, 1.82) is 0 Å². The summed E-state index contributed by atoms with van der Waals surface area (Å²) in [5.41, 5.74) is 20.5. The van der Waals surface area contributed by atoms with Gasteiger partial charge in [0, 0.05) is 44.3 Å². The molecule has 9 aromatic carbocycles. The lowest BCUT2D eigenvalue weighted by Crippen LogP contribution is -2.31. The Balaban J connectivity index is 1.18. The molecule has 0 bridgehead atoms. The number of rotatable bonds is 8. The number of nitrogens with zero attached hydrogens (tertiary/aromatic N) is 2. The molecule has 4 nitrogen and oxygen atoms in total. The predicted molar refractivity (Wildman–Crippen MR) is 295 cm³/mol. The number of fused-ring (bicyclic) bond motifs is 18. The van der Waals surface area contributed by atoms with Crippen LogP contribution in [0.3, 0.4) is 0 Å². The van der Waals surface area contributed by atoms with Crippen molar-refractivity contribution < 1.29 is 8.83 Å². The summed E-state index contributed by atoms with van der Waals surface area (Å²) in [6.07, 6.45) is 8.05. The molecule has 2 heterocycles. The molecule has 4 heteroatoms. The van der Waals surface area contributed by atoms with Crippen molar-refractivity contribution in [1.82, 2.24) is 0 Å². The first kappa shape index (κ1) is 41.6. The van der Waals surface area contributed by atoms with E-state index < -0.39 is 5.41 Å². The van der Waals surface area contributed by atoms with Crippen LogP contribution >= 0.6 is 0 Å². The van der Waals surface area contributed by atoms with Crippen LogP contribution in [0.25, 0.3) is 66.1 Å². The highest BCUT2D eigenvalue weighted by Gasteiger charge is 2.54. The molecule has 0 fully saturated rings. The van der Waals surface area contributed by atoms with Crippen LogP contribution in [0, 0.1) is 5.92 Å². The maximum atomic E-state index is 7.47. The van der Waals surface area contributed by atoms with Crippen LogP contribution in [0.15, 0.2) is 227 Å². The van der Waals surface area contributed by atoms with E-state index in [1.54, 1.807) is 0 Å². The molecule has 0 N–H and O–H groups in total. The van der Waals surface area contributed by atoms with Gasteiger partial charge in [0.1, 0.15) is 16.7 Å². The Bertz CT molecular complexity index is 3940. The summed E-state index contributed by atoms with van der Waals surface area (Å²) < 4.78 is 14.8. The monoisotopic (exact) mass is 916 g/mol. The second-order valence-corrected chi connectivity index (χ2v) is 20.2. The Hall–Kier alpha value is -8.34. The highest BCUT2D eigenvalue weighted by molar-refractivity contribution is 6.26. The van der Waals surface area contributed by atoms with Crippen molar-refractivity contribution in [3.8, 4) is 22.3 Å². The fourth-order valence-electron chi connectivity index (χ4n) is 12.5. The van der Waals surface area contributed by atoms with Crippen LogP contribution < -0.4 is 9.80 Å². The minimum Gasteiger partial charge on any atom is -0.455 e. The average molecular weight is 917 g/mol. The van der Waals surface area contributed by atoms with Crippen LogP contribution in [0.5, 0.6) is 0 Å². The molecule has 71 heavy (non-hydrogen) atoms. The molecule has 0 saturated heterocycles. The van der Waals surface area contributed by atoms with Crippen molar-refractivity contribution in [2.75, 3.05) is 9.80 Å². The van der Waals surface area contributed by atoms with E-state index in [0.717, 1.165) is 89.9 Å². The fraction of sp³-hybridized carbons (Fsp3) is 0.134. The number of benzene rings is 9. The molecule has 3 aliphatic carbocycles. The lowest BCUT2D eigenvalue weighted by Gasteiger charge is -2.36. The zero-order chi connectivity index (χ0) is 47.5. The summed E-state index contributed by atoms with van der Waals surface area (Å²) in [6, 6.07) is 71.5. The van der Waals surface area contributed by atoms with Crippen LogP contribution in [-0.4, -0.2) is 6.04 Å². The predicted octanol–water partition coefficient (Wildman–Crippen LogP) is 18.5. The molecule has 342 valence electrons. The van der Waals surface area contributed by atoms with Crippen LogP contribution in [0.1, 0.15) is 67.9 Å². The van der Waals surface area contributed by atoms with Gasteiger partial charge >= 0.3 is 0 Å². The summed E-state index contributed by atoms with van der Waals surface area (Å²) in [5, 5.41) is 4.34. The van der Waals surface area contributed by atoms with Gasteiger partial charge in [0.25, 0.3) is 0 Å². The van der Waals surface area contributed by atoms with Crippen molar-refractivity contribution in [2.45, 2.75) is 51.5 Å². The number of hydrogen-bond acceptors (Lipinski definition) is 4. The molecule has 14 rings (SSSR count). The second-order valence-electron chi connectivity index (χ2n) is 20.2. The number of para-hydroxylation sites is 4. The molecule has 1 spiro atoms. The summed E-state index contributed by atoms with van der Waals surface area (Å²) in [6.45, 7) is 9.08. The van der Waals surface area contributed by atoms with Crippen LogP contribution in [0.2, 0.25) is 0 Å². The normalized spacial score (nSPS) is 15.2. The first-order valence-corrected chi connectivity index (χ1v) is 25.2. The van der Waals surface area contributed by atoms with E-state index in [1.165, 1.54) is 44.5 Å². The Labute approximate surface area is 414 Å². The molecule has 0 aliphatic heterocycles. The van der Waals surface area contributed by atoms with Gasteiger partial charge in [0.15, 0.2) is 5.58 Å². The minimum atomic E-state index is -0.750. The van der Waals surface area contributed by atoms with Gasteiger partial charge in [-0.05, 0) is 123 Å². The van der Waals surface area contributed by atoms with Crippen molar-refractivity contribution in [3.63, 3.8) is 0 Å². The second kappa shape index (κ2) is 15.8. The van der Waals surface area contributed by atoms with Gasteiger partial charge in [-0.15, -0.1) is 0 Å². The van der Waals surface area contributed by atoms with Gasteiger partial charge in [-0.3, -0.25) is 0 Å². The van der Waals surface area contributed by atoms with Crippen molar-refractivity contribution in [3.05, 3.63) is 246 Å². The largest absolute Gasteiger partial charge is 0.455 e. The molecule has 3 aliphatic rings. The first-order chi connectivity index (χ1) is 34.9. The first-order valence-electron chi connectivity index (χ1n) is 25.2. The molecule has 1 unspecified atom stereocenters. The zero-order valence-electron chi connectivity index (χ0n) is 40.4. The topological polar surface area (TPSA) is 32.8 Å². The Morgan fingerprint density at radius 1 is 0.479 bits per heavy atom. The Morgan fingerprint density at radius 2 is 1.01 bits per heavy atom. The number of hydrogen-bond donors (Lipinski definition) is 0. The van der Waals surface area contributed by atoms with E-state index in [0.29, 0.717) is 11.8 Å². The number of furan rings is 2. The van der Waals surface area contributed by atoms with E-state index in [9.17, 15) is 0 Å². The third-order valence-electron chi connectivity index (χ3n) is 15.7. The van der Waals surface area contributed by atoms with Gasteiger partial charge in [0.2, 0.25) is 0 Å². The standard InChI is InChI=1S/C67H52N2O2/c1-41(2)43-31-35-47(36-32-43)68(45-19-7-5-8-20-45)57-39-56-64(66-61(57)51-25-13-17-29-59(51)71-66)63-55(67(56)53-27-15-11-23-49(53)50-24-12-16-28-54(50)67)40-58(65-62(63)52-26-14-18-30-60(52)70-65)69(46-21-9-6-10-22-46)48-37-33-44(34-38-48)42(3)4/h5-37,39-42,48H,38H2,1-4H3. The molecule has 11 aromatic rings. The van der Waals surface area contributed by atoms with Gasteiger partial charge < -0.3 is 18.6 Å². The molecule has 0 saturated carbocycles. The van der Waals surface area contributed by atoms with E-state index in [2.05, 4.69) is 250 Å². The summed E-state index contributed by atoms with van der Waals surface area (Å²) >= 11 is 0. The van der Waals surface area contributed by atoms with Crippen LogP contribution in [-0.2, 0) is 5.41 Å². The summed E-state index contributed by atoms with van der Waals surface area (Å²) in [5.74, 6) is 0.846. The minimum absolute atomic E-state index is 0.0347. The lowest BCUT2D eigenvalue weighted by molar-refractivity contribution is 0.662. The highest BCUT2D eigenvalue weighted by Crippen LogP contribution is 2.68. The third-order valence-corrected chi connectivity index (χ3v) is 15.7. The zero-order valence-corrected chi connectivity index (χ0v) is 40.4. The molecular weight excluding hydrogens is 865 g/mol. The van der Waals surface area contributed by atoms with E-state index >= 15 is 0 Å². The highest BCUT2D eigenvalue weighted by atomic mass is 16.3. The lowest BCUT2D eigenvalue weighted by atomic mass is 9.70. The smallest absolute Gasteiger partial charge is 0.159 e. The maximum Gasteiger partial charge on any atom is 0.159 e. The Kier molecular flexibility index (Phi) is 9.29.